The molecular formula is C12H17ClN2O2. The molecule has 1 N–H and O–H groups in total. The molecule has 0 aliphatic heterocycles. The molecule has 1 aromatic rings. The van der Waals surface area contributed by atoms with E-state index in [1.807, 2.05) is 6.92 Å². The summed E-state index contributed by atoms with van der Waals surface area (Å²) in [6.07, 6.45) is 0. The third kappa shape index (κ3) is 3.61. The molecule has 17 heavy (non-hydrogen) atoms. The van der Waals surface area contributed by atoms with Crippen LogP contribution in [-0.4, -0.2) is 33.2 Å². The zero-order valence-corrected chi connectivity index (χ0v) is 11.0. The number of rotatable bonds is 5. The number of carbonyl (C=O) groups excluding carboxylic acids is 1. The normalized spacial score (nSPS) is 10.1. The molecular weight excluding hydrogens is 240 g/mol. The van der Waals surface area contributed by atoms with E-state index >= 15 is 0 Å². The minimum atomic E-state index is -0.00640. The van der Waals surface area contributed by atoms with Crippen molar-refractivity contribution in [2.75, 3.05) is 32.1 Å². The Labute approximate surface area is 107 Å². The number of halogens is 1. The molecule has 0 aliphatic rings. The van der Waals surface area contributed by atoms with Crippen LogP contribution in [0.2, 0.25) is 5.02 Å². The summed E-state index contributed by atoms with van der Waals surface area (Å²) in [7, 11) is 3.28. The van der Waals surface area contributed by atoms with Gasteiger partial charge in [-0.25, -0.2) is 0 Å². The van der Waals surface area contributed by atoms with E-state index < -0.39 is 0 Å². The van der Waals surface area contributed by atoms with Crippen LogP contribution in [-0.2, 0) is 4.79 Å². The second-order valence-corrected chi connectivity index (χ2v) is 3.96. The van der Waals surface area contributed by atoms with Crippen molar-refractivity contribution >= 4 is 23.2 Å². The fourth-order valence-corrected chi connectivity index (χ4v) is 1.61. The molecule has 0 saturated carbocycles. The van der Waals surface area contributed by atoms with E-state index in [0.717, 1.165) is 12.2 Å². The number of anilines is 1. The van der Waals surface area contributed by atoms with Crippen LogP contribution in [0.1, 0.15) is 6.92 Å². The van der Waals surface area contributed by atoms with Gasteiger partial charge in [-0.2, -0.15) is 0 Å². The van der Waals surface area contributed by atoms with Gasteiger partial charge in [-0.1, -0.05) is 18.5 Å². The van der Waals surface area contributed by atoms with Gasteiger partial charge in [0.2, 0.25) is 5.91 Å². The second-order valence-electron chi connectivity index (χ2n) is 3.55. The molecule has 0 fully saturated rings. The van der Waals surface area contributed by atoms with E-state index in [9.17, 15) is 4.79 Å². The standard InChI is InChI=1S/C12H17ClN2O2/c1-4-14-8-12(16)15(2)9-5-6-11(17-3)10(13)7-9/h5-7,14H,4,8H2,1-3H3. The molecule has 0 radical (unpaired) electrons. The predicted octanol–water partition coefficient (Wildman–Crippen LogP) is 1.92. The Kier molecular flexibility index (Phi) is 5.25. The number of hydrogen-bond acceptors (Lipinski definition) is 3. The van der Waals surface area contributed by atoms with E-state index in [2.05, 4.69) is 5.32 Å². The number of benzene rings is 1. The molecule has 1 aromatic carbocycles. The number of amides is 1. The van der Waals surface area contributed by atoms with Crippen LogP contribution >= 0.6 is 11.6 Å². The van der Waals surface area contributed by atoms with E-state index in [1.54, 1.807) is 37.3 Å². The van der Waals surface area contributed by atoms with Crippen molar-refractivity contribution in [3.63, 3.8) is 0 Å². The molecule has 1 rings (SSSR count). The van der Waals surface area contributed by atoms with Gasteiger partial charge >= 0.3 is 0 Å². The van der Waals surface area contributed by atoms with Gasteiger partial charge in [-0.15, -0.1) is 0 Å². The lowest BCUT2D eigenvalue weighted by Crippen LogP contribution is -2.35. The van der Waals surface area contributed by atoms with Gasteiger partial charge < -0.3 is 15.0 Å². The Bertz CT molecular complexity index is 396. The lowest BCUT2D eigenvalue weighted by Gasteiger charge is -2.18. The topological polar surface area (TPSA) is 41.6 Å². The van der Waals surface area contributed by atoms with Gasteiger partial charge in [0.15, 0.2) is 0 Å². The summed E-state index contributed by atoms with van der Waals surface area (Å²) in [6, 6.07) is 5.26. The van der Waals surface area contributed by atoms with Gasteiger partial charge in [0.25, 0.3) is 0 Å². The average Bonchev–Trinajstić information content (AvgIpc) is 2.34. The van der Waals surface area contributed by atoms with Gasteiger partial charge in [-0.3, -0.25) is 4.79 Å². The van der Waals surface area contributed by atoms with E-state index in [-0.39, 0.29) is 5.91 Å². The minimum absolute atomic E-state index is 0.00640. The zero-order valence-electron chi connectivity index (χ0n) is 10.3. The first-order chi connectivity index (χ1) is 8.10. The quantitative estimate of drug-likeness (QED) is 0.875. The largest absolute Gasteiger partial charge is 0.495 e. The van der Waals surface area contributed by atoms with Crippen molar-refractivity contribution in [1.29, 1.82) is 0 Å². The van der Waals surface area contributed by atoms with Crippen LogP contribution in [0.4, 0.5) is 5.69 Å². The average molecular weight is 257 g/mol. The van der Waals surface area contributed by atoms with E-state index in [1.165, 1.54) is 0 Å². The summed E-state index contributed by atoms with van der Waals surface area (Å²) < 4.78 is 5.06. The number of likely N-dealkylation sites (N-methyl/N-ethyl adjacent to an activating group) is 2. The van der Waals surface area contributed by atoms with Gasteiger partial charge in [0.05, 0.1) is 18.7 Å². The molecule has 94 valence electrons. The third-order valence-electron chi connectivity index (χ3n) is 2.42. The number of ether oxygens (including phenoxy) is 1. The minimum Gasteiger partial charge on any atom is -0.495 e. The number of hydrogen-bond donors (Lipinski definition) is 1. The summed E-state index contributed by atoms with van der Waals surface area (Å²) in [4.78, 5) is 13.3. The predicted molar refractivity (Wildman–Crippen MR) is 70.0 cm³/mol. The molecule has 4 nitrogen and oxygen atoms in total. The molecule has 0 aliphatic carbocycles. The maximum Gasteiger partial charge on any atom is 0.240 e. The van der Waals surface area contributed by atoms with Gasteiger partial charge in [-0.05, 0) is 24.7 Å². The fourth-order valence-electron chi connectivity index (χ4n) is 1.36. The van der Waals surface area contributed by atoms with Gasteiger partial charge in [0.1, 0.15) is 5.75 Å². The number of nitrogens with zero attached hydrogens (tertiary/aromatic N) is 1. The van der Waals surface area contributed by atoms with E-state index in [4.69, 9.17) is 16.3 Å². The van der Waals surface area contributed by atoms with Crippen LogP contribution in [0.3, 0.4) is 0 Å². The Balaban J connectivity index is 2.78. The van der Waals surface area contributed by atoms with Crippen LogP contribution < -0.4 is 15.0 Å². The number of nitrogens with one attached hydrogen (secondary N) is 1. The van der Waals surface area contributed by atoms with Crippen LogP contribution in [0.5, 0.6) is 5.75 Å². The molecule has 0 saturated heterocycles. The van der Waals surface area contributed by atoms with Gasteiger partial charge in [0, 0.05) is 12.7 Å². The van der Waals surface area contributed by atoms with Crippen molar-refractivity contribution in [3.8, 4) is 5.75 Å². The Hall–Kier alpha value is -1.26. The van der Waals surface area contributed by atoms with E-state index in [0.29, 0.717) is 17.3 Å². The highest BCUT2D eigenvalue weighted by molar-refractivity contribution is 6.32. The summed E-state index contributed by atoms with van der Waals surface area (Å²) in [6.45, 7) is 3.04. The molecule has 0 unspecified atom stereocenters. The maximum atomic E-state index is 11.8. The fraction of sp³-hybridized carbons (Fsp3) is 0.417. The first-order valence-corrected chi connectivity index (χ1v) is 5.78. The highest BCUT2D eigenvalue weighted by Crippen LogP contribution is 2.28. The molecule has 0 heterocycles. The Morgan fingerprint density at radius 3 is 2.76 bits per heavy atom. The number of carbonyl (C=O) groups is 1. The monoisotopic (exact) mass is 256 g/mol. The first kappa shape index (κ1) is 13.8. The lowest BCUT2D eigenvalue weighted by atomic mass is 10.2. The van der Waals surface area contributed by atoms with Crippen molar-refractivity contribution in [2.24, 2.45) is 0 Å². The maximum absolute atomic E-state index is 11.8. The van der Waals surface area contributed by atoms with Crippen molar-refractivity contribution < 1.29 is 9.53 Å². The number of methoxy groups -OCH3 is 1. The summed E-state index contributed by atoms with van der Waals surface area (Å²) in [5, 5.41) is 3.48. The summed E-state index contributed by atoms with van der Waals surface area (Å²) in [5.41, 5.74) is 0.749. The molecule has 0 atom stereocenters. The molecule has 0 bridgehead atoms. The highest BCUT2D eigenvalue weighted by atomic mass is 35.5. The SMILES string of the molecule is CCNCC(=O)N(C)c1ccc(OC)c(Cl)c1. The zero-order chi connectivity index (χ0) is 12.8. The molecule has 5 heteroatoms. The van der Waals surface area contributed by atoms with Crippen LogP contribution in [0.25, 0.3) is 0 Å². The molecule has 0 aromatic heterocycles. The third-order valence-corrected chi connectivity index (χ3v) is 2.72. The van der Waals surface area contributed by atoms with Crippen LogP contribution in [0, 0.1) is 0 Å². The first-order valence-electron chi connectivity index (χ1n) is 5.41. The van der Waals surface area contributed by atoms with Crippen molar-refractivity contribution in [1.82, 2.24) is 5.32 Å². The lowest BCUT2D eigenvalue weighted by molar-refractivity contribution is -0.117. The summed E-state index contributed by atoms with van der Waals surface area (Å²) >= 11 is 6.00. The Morgan fingerprint density at radius 1 is 1.53 bits per heavy atom. The smallest absolute Gasteiger partial charge is 0.240 e. The van der Waals surface area contributed by atoms with Crippen LogP contribution in [0.15, 0.2) is 18.2 Å². The molecule has 0 spiro atoms. The highest BCUT2D eigenvalue weighted by Gasteiger charge is 2.11. The van der Waals surface area contributed by atoms with Crippen molar-refractivity contribution in [3.05, 3.63) is 23.2 Å². The Morgan fingerprint density at radius 2 is 2.24 bits per heavy atom. The second kappa shape index (κ2) is 6.47. The van der Waals surface area contributed by atoms with Crippen molar-refractivity contribution in [2.45, 2.75) is 6.92 Å². The molecule has 1 amide bonds. The summed E-state index contributed by atoms with van der Waals surface area (Å²) in [5.74, 6) is 0.594.